The maximum Gasteiger partial charge on any atom is 0.0973 e. The van der Waals surface area contributed by atoms with Gasteiger partial charge in [-0.25, -0.2) is 0 Å². The van der Waals surface area contributed by atoms with Crippen molar-refractivity contribution >= 4 is 0 Å². The van der Waals surface area contributed by atoms with Gasteiger partial charge in [-0.2, -0.15) is 0 Å². The second kappa shape index (κ2) is 8.24. The van der Waals surface area contributed by atoms with Crippen LogP contribution in [0, 0.1) is 0 Å². The van der Waals surface area contributed by atoms with Gasteiger partial charge in [0.15, 0.2) is 0 Å². The van der Waals surface area contributed by atoms with E-state index in [1.54, 1.807) is 0 Å². The predicted octanol–water partition coefficient (Wildman–Crippen LogP) is 6.11. The molecule has 0 saturated heterocycles. The highest BCUT2D eigenvalue weighted by Crippen LogP contribution is 2.42. The summed E-state index contributed by atoms with van der Waals surface area (Å²) >= 11 is 0. The van der Waals surface area contributed by atoms with E-state index in [9.17, 15) is 0 Å². The summed E-state index contributed by atoms with van der Waals surface area (Å²) in [6.07, 6.45) is 0. The lowest BCUT2D eigenvalue weighted by molar-refractivity contribution is 0.190. The number of hydrogen-bond acceptors (Lipinski definition) is 1. The fourth-order valence-corrected chi connectivity index (χ4v) is 4.18. The minimum Gasteiger partial charge on any atom is -0.285 e. The minimum atomic E-state index is -0.375. The Kier molecular flexibility index (Phi) is 5.36. The molecule has 0 aliphatic carbocycles. The number of rotatable bonds is 6. The highest BCUT2D eigenvalue weighted by atomic mass is 15.2. The summed E-state index contributed by atoms with van der Waals surface area (Å²) in [5, 5.41) is 0. The third-order valence-electron chi connectivity index (χ3n) is 5.41. The molecule has 0 spiro atoms. The van der Waals surface area contributed by atoms with E-state index in [-0.39, 0.29) is 5.54 Å². The Balaban J connectivity index is 1.95. The van der Waals surface area contributed by atoms with Crippen LogP contribution in [0.15, 0.2) is 121 Å². The second-order valence-corrected chi connectivity index (χ2v) is 7.15. The first-order valence-corrected chi connectivity index (χ1v) is 9.73. The summed E-state index contributed by atoms with van der Waals surface area (Å²) in [4.78, 5) is 2.46. The highest BCUT2D eigenvalue weighted by Gasteiger charge is 2.40. The molecule has 0 bridgehead atoms. The average Bonchev–Trinajstić information content (AvgIpc) is 2.77. The summed E-state index contributed by atoms with van der Waals surface area (Å²) in [6, 6.07) is 43.2. The van der Waals surface area contributed by atoms with Gasteiger partial charge >= 0.3 is 0 Å². The highest BCUT2D eigenvalue weighted by molar-refractivity contribution is 5.49. The molecule has 0 amide bonds. The zero-order valence-electron chi connectivity index (χ0n) is 16.2. The van der Waals surface area contributed by atoms with Crippen LogP contribution < -0.4 is 0 Å². The van der Waals surface area contributed by atoms with Gasteiger partial charge in [0.2, 0.25) is 0 Å². The number of benzene rings is 4. The Morgan fingerprint density at radius 2 is 0.821 bits per heavy atom. The molecule has 1 heteroatoms. The lowest BCUT2D eigenvalue weighted by Crippen LogP contribution is -2.45. The van der Waals surface area contributed by atoms with E-state index in [1.807, 2.05) is 0 Å². The Bertz CT molecular complexity index is 883. The molecule has 4 aromatic rings. The largest absolute Gasteiger partial charge is 0.285 e. The van der Waals surface area contributed by atoms with E-state index in [2.05, 4.69) is 133 Å². The monoisotopic (exact) mass is 363 g/mol. The summed E-state index contributed by atoms with van der Waals surface area (Å²) < 4.78 is 0. The molecule has 0 aromatic heterocycles. The maximum atomic E-state index is 2.46. The predicted molar refractivity (Wildman–Crippen MR) is 117 cm³/mol. The molecule has 0 fully saturated rings. The van der Waals surface area contributed by atoms with Crippen LogP contribution in [-0.2, 0) is 12.1 Å². The van der Waals surface area contributed by atoms with E-state index in [0.717, 1.165) is 6.54 Å². The van der Waals surface area contributed by atoms with Crippen molar-refractivity contribution in [2.45, 2.75) is 12.1 Å². The van der Waals surface area contributed by atoms with Crippen LogP contribution in [0.4, 0.5) is 0 Å². The molecular weight excluding hydrogens is 338 g/mol. The Morgan fingerprint density at radius 3 is 1.18 bits per heavy atom. The molecule has 0 unspecified atom stereocenters. The van der Waals surface area contributed by atoms with Crippen LogP contribution in [0.2, 0.25) is 0 Å². The molecule has 4 rings (SSSR count). The quantitative estimate of drug-likeness (QED) is 0.374. The van der Waals surface area contributed by atoms with Crippen LogP contribution in [0.25, 0.3) is 0 Å². The summed E-state index contributed by atoms with van der Waals surface area (Å²) in [5.74, 6) is 0. The van der Waals surface area contributed by atoms with Crippen LogP contribution in [0.1, 0.15) is 22.3 Å². The molecule has 138 valence electrons. The molecule has 0 saturated carbocycles. The van der Waals surface area contributed by atoms with E-state index >= 15 is 0 Å². The fourth-order valence-electron chi connectivity index (χ4n) is 4.18. The Labute approximate surface area is 167 Å². The number of hydrogen-bond donors (Lipinski definition) is 0. The van der Waals surface area contributed by atoms with E-state index in [0.29, 0.717) is 0 Å². The van der Waals surface area contributed by atoms with E-state index < -0.39 is 0 Å². The van der Waals surface area contributed by atoms with Gasteiger partial charge in [-0.3, -0.25) is 4.90 Å². The van der Waals surface area contributed by atoms with Crippen molar-refractivity contribution in [2.24, 2.45) is 0 Å². The first kappa shape index (κ1) is 18.2. The summed E-state index contributed by atoms with van der Waals surface area (Å²) in [7, 11) is 2.22. The van der Waals surface area contributed by atoms with Crippen LogP contribution >= 0.6 is 0 Å². The van der Waals surface area contributed by atoms with Crippen molar-refractivity contribution in [1.29, 1.82) is 0 Å². The van der Waals surface area contributed by atoms with E-state index in [1.165, 1.54) is 22.3 Å². The average molecular weight is 364 g/mol. The molecule has 28 heavy (non-hydrogen) atoms. The topological polar surface area (TPSA) is 3.24 Å². The first-order valence-electron chi connectivity index (χ1n) is 9.73. The van der Waals surface area contributed by atoms with Gasteiger partial charge in [0.05, 0.1) is 5.54 Å². The minimum absolute atomic E-state index is 0.375. The van der Waals surface area contributed by atoms with Crippen molar-refractivity contribution in [1.82, 2.24) is 4.90 Å². The third-order valence-corrected chi connectivity index (χ3v) is 5.41. The smallest absolute Gasteiger partial charge is 0.0973 e. The van der Waals surface area contributed by atoms with Gasteiger partial charge in [-0.1, -0.05) is 121 Å². The summed E-state index contributed by atoms with van der Waals surface area (Å²) in [6.45, 7) is 0.847. The van der Waals surface area contributed by atoms with Gasteiger partial charge in [0.25, 0.3) is 0 Å². The maximum absolute atomic E-state index is 2.46. The lowest BCUT2D eigenvalue weighted by Gasteiger charge is -2.44. The Hall–Kier alpha value is -3.16. The van der Waals surface area contributed by atoms with Crippen molar-refractivity contribution in [3.05, 3.63) is 144 Å². The van der Waals surface area contributed by atoms with Gasteiger partial charge < -0.3 is 0 Å². The van der Waals surface area contributed by atoms with Gasteiger partial charge in [0.1, 0.15) is 0 Å². The van der Waals surface area contributed by atoms with E-state index in [4.69, 9.17) is 0 Å². The molecule has 0 radical (unpaired) electrons. The van der Waals surface area contributed by atoms with Crippen molar-refractivity contribution in [3.8, 4) is 0 Å². The first-order chi connectivity index (χ1) is 13.8. The molecule has 4 aromatic carbocycles. The Morgan fingerprint density at radius 1 is 0.500 bits per heavy atom. The van der Waals surface area contributed by atoms with Gasteiger partial charge in [0, 0.05) is 6.54 Å². The third kappa shape index (κ3) is 3.37. The molecule has 0 N–H and O–H groups in total. The SMILES string of the molecule is CN(Cc1ccccc1)C(c1ccccc1)(c1ccccc1)c1ccccc1. The molecule has 1 nitrogen and oxygen atoms in total. The van der Waals surface area contributed by atoms with Crippen molar-refractivity contribution in [2.75, 3.05) is 7.05 Å². The summed E-state index contributed by atoms with van der Waals surface area (Å²) in [5.41, 5.74) is 4.74. The van der Waals surface area contributed by atoms with Gasteiger partial charge in [-0.05, 0) is 29.3 Å². The van der Waals surface area contributed by atoms with Crippen LogP contribution in [-0.4, -0.2) is 11.9 Å². The lowest BCUT2D eigenvalue weighted by atomic mass is 9.75. The molecule has 0 atom stereocenters. The molecule has 0 heterocycles. The normalized spacial score (nSPS) is 11.5. The molecule has 0 aliphatic rings. The fraction of sp³-hybridized carbons (Fsp3) is 0.111. The number of nitrogens with zero attached hydrogens (tertiary/aromatic N) is 1. The van der Waals surface area contributed by atoms with Crippen LogP contribution in [0.5, 0.6) is 0 Å². The zero-order valence-corrected chi connectivity index (χ0v) is 16.2. The van der Waals surface area contributed by atoms with Crippen molar-refractivity contribution < 1.29 is 0 Å². The standard InChI is InChI=1S/C27H25N/c1-28(22-23-14-6-2-7-15-23)27(24-16-8-3-9-17-24,25-18-10-4-11-19-25)26-20-12-5-13-21-26/h2-21H,22H2,1H3. The second-order valence-electron chi connectivity index (χ2n) is 7.15. The molecule has 0 aliphatic heterocycles. The van der Waals surface area contributed by atoms with Crippen molar-refractivity contribution in [3.63, 3.8) is 0 Å². The van der Waals surface area contributed by atoms with Gasteiger partial charge in [-0.15, -0.1) is 0 Å². The molecular formula is C27H25N. The van der Waals surface area contributed by atoms with Crippen LogP contribution in [0.3, 0.4) is 0 Å². The zero-order chi connectivity index (χ0) is 19.2.